The number of aromatic nitrogens is 5. The van der Waals surface area contributed by atoms with Gasteiger partial charge in [0.25, 0.3) is 0 Å². The Morgan fingerprint density at radius 3 is 2.71 bits per heavy atom. The average molecular weight is 404 g/mol. The van der Waals surface area contributed by atoms with Gasteiger partial charge in [0.1, 0.15) is 24.6 Å². The molecule has 9 nitrogen and oxygen atoms in total. The van der Waals surface area contributed by atoms with Crippen molar-refractivity contribution < 1.29 is 17.5 Å². The predicted octanol–water partition coefficient (Wildman–Crippen LogP) is 1.03. The molecule has 1 aromatic carbocycles. The highest BCUT2D eigenvalue weighted by atomic mass is 32.2. The van der Waals surface area contributed by atoms with Gasteiger partial charge < -0.3 is 9.30 Å². The molecule has 0 aliphatic carbocycles. The zero-order valence-corrected chi connectivity index (χ0v) is 15.6. The molecule has 0 saturated carbocycles. The van der Waals surface area contributed by atoms with E-state index in [-0.39, 0.29) is 24.6 Å². The maximum Gasteiger partial charge on any atom is 0.243 e. The molecule has 0 unspecified atom stereocenters. The first-order valence-corrected chi connectivity index (χ1v) is 10.0. The molecule has 28 heavy (non-hydrogen) atoms. The van der Waals surface area contributed by atoms with Gasteiger partial charge in [-0.05, 0) is 18.2 Å². The van der Waals surface area contributed by atoms with Crippen LogP contribution in [0.2, 0.25) is 0 Å². The first kappa shape index (κ1) is 18.4. The molecule has 0 saturated heterocycles. The standard InChI is InChI=1S/C17H17FN6O3S/c18-13-2-1-3-15(8-13)28(25,26)23-5-4-16-21-22-17(24(16)7-6-23)11-27-14-9-19-12-20-10-14/h1-3,8-10,12H,4-7,11H2. The number of halogens is 1. The highest BCUT2D eigenvalue weighted by molar-refractivity contribution is 7.89. The summed E-state index contributed by atoms with van der Waals surface area (Å²) in [5.41, 5.74) is 0. The molecule has 3 aromatic rings. The Kier molecular flexibility index (Phi) is 5.01. The van der Waals surface area contributed by atoms with Crippen LogP contribution in [0.1, 0.15) is 11.6 Å². The maximum absolute atomic E-state index is 13.5. The third-order valence-electron chi connectivity index (χ3n) is 4.40. The average Bonchev–Trinajstić information content (AvgIpc) is 2.95. The van der Waals surface area contributed by atoms with E-state index in [0.717, 1.165) is 6.07 Å². The van der Waals surface area contributed by atoms with Crippen LogP contribution in [0.15, 0.2) is 47.9 Å². The summed E-state index contributed by atoms with van der Waals surface area (Å²) in [5, 5.41) is 8.29. The predicted molar refractivity (Wildman–Crippen MR) is 95.2 cm³/mol. The number of rotatable bonds is 5. The topological polar surface area (TPSA) is 103 Å². The van der Waals surface area contributed by atoms with Gasteiger partial charge in [-0.1, -0.05) is 6.07 Å². The van der Waals surface area contributed by atoms with E-state index in [1.54, 1.807) is 12.4 Å². The van der Waals surface area contributed by atoms with Gasteiger partial charge >= 0.3 is 0 Å². The smallest absolute Gasteiger partial charge is 0.243 e. The minimum absolute atomic E-state index is 0.0576. The summed E-state index contributed by atoms with van der Waals surface area (Å²) in [6.07, 6.45) is 4.89. The fourth-order valence-corrected chi connectivity index (χ4v) is 4.46. The highest BCUT2D eigenvalue weighted by Crippen LogP contribution is 2.20. The number of fused-ring (bicyclic) bond motifs is 1. The van der Waals surface area contributed by atoms with Crippen LogP contribution >= 0.6 is 0 Å². The molecule has 146 valence electrons. The summed E-state index contributed by atoms with van der Waals surface area (Å²) in [6.45, 7) is 1.01. The Bertz CT molecular complexity index is 1070. The van der Waals surface area contributed by atoms with Gasteiger partial charge in [-0.3, -0.25) is 0 Å². The van der Waals surface area contributed by atoms with Crippen LogP contribution in [0.3, 0.4) is 0 Å². The summed E-state index contributed by atoms with van der Waals surface area (Å²) in [5.74, 6) is 1.19. The number of ether oxygens (including phenoxy) is 1. The number of benzene rings is 1. The van der Waals surface area contributed by atoms with Crippen molar-refractivity contribution in [2.24, 2.45) is 0 Å². The van der Waals surface area contributed by atoms with Crippen molar-refractivity contribution in [3.8, 4) is 5.75 Å². The Labute approximate surface area is 160 Å². The second kappa shape index (κ2) is 7.60. The van der Waals surface area contributed by atoms with E-state index >= 15 is 0 Å². The summed E-state index contributed by atoms with van der Waals surface area (Å²) in [6, 6.07) is 5.02. The van der Waals surface area contributed by atoms with E-state index in [1.165, 1.54) is 28.8 Å². The number of hydrogen-bond donors (Lipinski definition) is 0. The second-order valence-corrected chi connectivity index (χ2v) is 8.10. The SMILES string of the molecule is O=S(=O)(c1cccc(F)c1)N1CCc2nnc(COc3cncnc3)n2CC1. The molecule has 4 rings (SSSR count). The molecular formula is C17H17FN6O3S. The van der Waals surface area contributed by atoms with Gasteiger partial charge in [0, 0.05) is 26.1 Å². The first-order chi connectivity index (χ1) is 13.5. The van der Waals surface area contributed by atoms with Gasteiger partial charge in [-0.25, -0.2) is 22.8 Å². The van der Waals surface area contributed by atoms with Gasteiger partial charge in [0.2, 0.25) is 10.0 Å². The van der Waals surface area contributed by atoms with Crippen molar-refractivity contribution in [1.82, 2.24) is 29.0 Å². The monoisotopic (exact) mass is 404 g/mol. The van der Waals surface area contributed by atoms with Crippen LogP contribution in [-0.4, -0.2) is 50.5 Å². The summed E-state index contributed by atoms with van der Waals surface area (Å²) >= 11 is 0. The molecule has 2 aromatic heterocycles. The van der Waals surface area contributed by atoms with Gasteiger partial charge in [-0.2, -0.15) is 4.31 Å². The summed E-state index contributed by atoms with van der Waals surface area (Å²) < 4.78 is 47.9. The largest absolute Gasteiger partial charge is 0.482 e. The zero-order valence-electron chi connectivity index (χ0n) is 14.8. The Morgan fingerprint density at radius 1 is 1.11 bits per heavy atom. The van der Waals surface area contributed by atoms with E-state index in [1.807, 2.05) is 4.57 Å². The third kappa shape index (κ3) is 3.71. The Balaban J connectivity index is 1.49. The van der Waals surface area contributed by atoms with Gasteiger partial charge in [0.15, 0.2) is 11.6 Å². The lowest BCUT2D eigenvalue weighted by Crippen LogP contribution is -2.34. The van der Waals surface area contributed by atoms with E-state index in [9.17, 15) is 12.8 Å². The highest BCUT2D eigenvalue weighted by Gasteiger charge is 2.28. The summed E-state index contributed by atoms with van der Waals surface area (Å²) in [4.78, 5) is 7.70. The lowest BCUT2D eigenvalue weighted by atomic mass is 10.4. The minimum Gasteiger partial charge on any atom is -0.482 e. The lowest BCUT2D eigenvalue weighted by molar-refractivity contribution is 0.285. The second-order valence-electron chi connectivity index (χ2n) is 6.16. The molecule has 0 radical (unpaired) electrons. The summed E-state index contributed by atoms with van der Waals surface area (Å²) in [7, 11) is -3.79. The van der Waals surface area contributed by atoms with Crippen LogP contribution in [-0.2, 0) is 29.6 Å². The molecule has 0 atom stereocenters. The van der Waals surface area contributed by atoms with E-state index in [4.69, 9.17) is 4.74 Å². The molecule has 0 fully saturated rings. The quantitative estimate of drug-likeness (QED) is 0.626. The Hall–Kier alpha value is -2.92. The van der Waals surface area contributed by atoms with Crippen LogP contribution in [0.4, 0.5) is 4.39 Å². The van der Waals surface area contributed by atoms with E-state index in [2.05, 4.69) is 20.2 Å². The minimum atomic E-state index is -3.79. The van der Waals surface area contributed by atoms with E-state index in [0.29, 0.717) is 30.4 Å². The van der Waals surface area contributed by atoms with Crippen molar-refractivity contribution in [1.29, 1.82) is 0 Å². The Morgan fingerprint density at radius 2 is 1.93 bits per heavy atom. The normalized spacial score (nSPS) is 15.0. The van der Waals surface area contributed by atoms with E-state index < -0.39 is 15.8 Å². The number of nitrogens with zero attached hydrogens (tertiary/aromatic N) is 6. The van der Waals surface area contributed by atoms with Crippen LogP contribution < -0.4 is 4.74 Å². The number of hydrogen-bond acceptors (Lipinski definition) is 7. The fraction of sp³-hybridized carbons (Fsp3) is 0.294. The molecule has 0 spiro atoms. The van der Waals surface area contributed by atoms with Gasteiger partial charge in [-0.15, -0.1) is 10.2 Å². The first-order valence-electron chi connectivity index (χ1n) is 8.58. The molecule has 3 heterocycles. The molecule has 1 aliphatic rings. The molecule has 0 amide bonds. The molecule has 0 bridgehead atoms. The van der Waals surface area contributed by atoms with Crippen molar-refractivity contribution in [3.05, 3.63) is 60.5 Å². The van der Waals surface area contributed by atoms with Crippen molar-refractivity contribution in [3.63, 3.8) is 0 Å². The maximum atomic E-state index is 13.5. The van der Waals surface area contributed by atoms with Crippen LogP contribution in [0.5, 0.6) is 5.75 Å². The molecule has 11 heteroatoms. The molecule has 1 aliphatic heterocycles. The number of sulfonamides is 1. The van der Waals surface area contributed by atoms with Crippen molar-refractivity contribution in [2.45, 2.75) is 24.5 Å². The van der Waals surface area contributed by atoms with Crippen molar-refractivity contribution >= 4 is 10.0 Å². The van der Waals surface area contributed by atoms with Crippen LogP contribution in [0, 0.1) is 5.82 Å². The molecular weight excluding hydrogens is 387 g/mol. The third-order valence-corrected chi connectivity index (χ3v) is 6.30. The van der Waals surface area contributed by atoms with Gasteiger partial charge in [0.05, 0.1) is 17.3 Å². The van der Waals surface area contributed by atoms with Crippen molar-refractivity contribution in [2.75, 3.05) is 13.1 Å². The molecule has 0 N–H and O–H groups in total. The fourth-order valence-electron chi connectivity index (χ4n) is 2.99. The van der Waals surface area contributed by atoms with Crippen LogP contribution in [0.25, 0.3) is 0 Å². The zero-order chi connectivity index (χ0) is 19.6. The lowest BCUT2D eigenvalue weighted by Gasteiger charge is -2.19.